The molecule has 0 amide bonds. The quantitative estimate of drug-likeness (QED) is 0.569. The van der Waals surface area contributed by atoms with Gasteiger partial charge in [0.1, 0.15) is 11.9 Å². The molecule has 2 heterocycles. The third kappa shape index (κ3) is 4.01. The van der Waals surface area contributed by atoms with Crippen LogP contribution in [-0.4, -0.2) is 32.1 Å². The van der Waals surface area contributed by atoms with Crippen molar-refractivity contribution in [2.24, 2.45) is 0 Å². The molecule has 0 spiro atoms. The number of rotatable bonds is 8. The van der Waals surface area contributed by atoms with E-state index in [2.05, 4.69) is 20.3 Å². The first-order valence-electron chi connectivity index (χ1n) is 10.1. The molecule has 1 saturated carbocycles. The zero-order chi connectivity index (χ0) is 20.2. The molecular formula is C21H25N5O3. The molecule has 2 unspecified atom stereocenters. The number of fused-ring (bicyclic) bond motifs is 1. The van der Waals surface area contributed by atoms with Crippen molar-refractivity contribution in [1.29, 1.82) is 0 Å². The molecular weight excluding hydrogens is 370 g/mol. The van der Waals surface area contributed by atoms with Crippen LogP contribution in [0.5, 0.6) is 0 Å². The van der Waals surface area contributed by atoms with Gasteiger partial charge in [0.25, 0.3) is 12.0 Å². The van der Waals surface area contributed by atoms with Crippen LogP contribution in [0.2, 0.25) is 0 Å². The van der Waals surface area contributed by atoms with E-state index in [-0.39, 0.29) is 17.6 Å². The summed E-state index contributed by atoms with van der Waals surface area (Å²) >= 11 is 0. The predicted molar refractivity (Wildman–Crippen MR) is 110 cm³/mol. The largest absolute Gasteiger partial charge is 0.465 e. The molecule has 3 aromatic rings. The number of anilines is 1. The Morgan fingerprint density at radius 3 is 2.86 bits per heavy atom. The SMILES string of the molecule is CCCn1c(NCc2ccccc2)nc2nc(C3CCC(OC=O)C3)[nH]c2c1=O. The van der Waals surface area contributed by atoms with Gasteiger partial charge in [-0.05, 0) is 31.2 Å². The number of nitrogens with one attached hydrogen (secondary N) is 2. The van der Waals surface area contributed by atoms with Crippen LogP contribution < -0.4 is 10.9 Å². The second-order valence-electron chi connectivity index (χ2n) is 7.42. The maximum Gasteiger partial charge on any atom is 0.293 e. The van der Waals surface area contributed by atoms with Crippen LogP contribution >= 0.6 is 0 Å². The van der Waals surface area contributed by atoms with E-state index in [1.807, 2.05) is 37.3 Å². The van der Waals surface area contributed by atoms with Gasteiger partial charge in [-0.3, -0.25) is 14.2 Å². The molecule has 29 heavy (non-hydrogen) atoms. The molecule has 4 rings (SSSR count). The van der Waals surface area contributed by atoms with Gasteiger partial charge in [0.05, 0.1) is 0 Å². The van der Waals surface area contributed by atoms with E-state index in [9.17, 15) is 9.59 Å². The lowest BCUT2D eigenvalue weighted by atomic mass is 10.1. The molecule has 1 aliphatic carbocycles. The summed E-state index contributed by atoms with van der Waals surface area (Å²) in [6, 6.07) is 9.99. The summed E-state index contributed by atoms with van der Waals surface area (Å²) in [5.41, 5.74) is 1.84. The summed E-state index contributed by atoms with van der Waals surface area (Å²) in [7, 11) is 0. The first-order valence-corrected chi connectivity index (χ1v) is 10.1. The van der Waals surface area contributed by atoms with Gasteiger partial charge < -0.3 is 15.0 Å². The molecule has 2 atom stereocenters. The van der Waals surface area contributed by atoms with Gasteiger partial charge in [0, 0.05) is 19.0 Å². The number of imidazole rings is 1. The molecule has 0 radical (unpaired) electrons. The molecule has 8 heteroatoms. The first kappa shape index (κ1) is 19.2. The highest BCUT2D eigenvalue weighted by atomic mass is 16.5. The van der Waals surface area contributed by atoms with Crippen molar-refractivity contribution >= 4 is 23.6 Å². The Kier molecular flexibility index (Phi) is 5.59. The van der Waals surface area contributed by atoms with E-state index in [0.717, 1.165) is 30.7 Å². The lowest BCUT2D eigenvalue weighted by molar-refractivity contribution is -0.133. The number of H-pyrrole nitrogens is 1. The van der Waals surface area contributed by atoms with Crippen LogP contribution in [0.25, 0.3) is 11.2 Å². The highest BCUT2D eigenvalue weighted by Crippen LogP contribution is 2.34. The van der Waals surface area contributed by atoms with Crippen LogP contribution in [0.4, 0.5) is 5.95 Å². The van der Waals surface area contributed by atoms with Crippen molar-refractivity contribution in [3.8, 4) is 0 Å². The molecule has 0 aliphatic heterocycles. The van der Waals surface area contributed by atoms with Crippen LogP contribution in [0.3, 0.4) is 0 Å². The van der Waals surface area contributed by atoms with E-state index in [4.69, 9.17) is 4.74 Å². The number of carbonyl (C=O) groups is 1. The van der Waals surface area contributed by atoms with Crippen LogP contribution in [-0.2, 0) is 22.6 Å². The maximum absolute atomic E-state index is 13.1. The fraction of sp³-hybridized carbons (Fsp3) is 0.429. The maximum atomic E-state index is 13.1. The molecule has 8 nitrogen and oxygen atoms in total. The molecule has 1 aromatic carbocycles. The van der Waals surface area contributed by atoms with Gasteiger partial charge in [-0.15, -0.1) is 0 Å². The molecule has 1 fully saturated rings. The third-order valence-corrected chi connectivity index (χ3v) is 5.39. The molecule has 1 aliphatic rings. The van der Waals surface area contributed by atoms with Crippen LogP contribution in [0, 0.1) is 0 Å². The van der Waals surface area contributed by atoms with E-state index in [1.165, 1.54) is 0 Å². The summed E-state index contributed by atoms with van der Waals surface area (Å²) in [5, 5.41) is 3.29. The van der Waals surface area contributed by atoms with Gasteiger partial charge in [-0.2, -0.15) is 4.98 Å². The highest BCUT2D eigenvalue weighted by molar-refractivity contribution is 5.71. The Labute approximate surface area is 168 Å². The molecule has 2 aromatic heterocycles. The lowest BCUT2D eigenvalue weighted by Gasteiger charge is -2.12. The van der Waals surface area contributed by atoms with Crippen molar-refractivity contribution in [2.75, 3.05) is 5.32 Å². The molecule has 0 saturated heterocycles. The van der Waals surface area contributed by atoms with Crippen molar-refractivity contribution in [1.82, 2.24) is 19.5 Å². The highest BCUT2D eigenvalue weighted by Gasteiger charge is 2.30. The Hall–Kier alpha value is -3.16. The number of ether oxygens (including phenoxy) is 1. The predicted octanol–water partition coefficient (Wildman–Crippen LogP) is 2.95. The summed E-state index contributed by atoms with van der Waals surface area (Å²) in [5.74, 6) is 1.40. The van der Waals surface area contributed by atoms with Gasteiger partial charge in [-0.1, -0.05) is 37.3 Å². The van der Waals surface area contributed by atoms with E-state index in [0.29, 0.717) is 43.1 Å². The van der Waals surface area contributed by atoms with Gasteiger partial charge in [-0.25, -0.2) is 4.98 Å². The number of aromatic nitrogens is 4. The van der Waals surface area contributed by atoms with Gasteiger partial charge in [0.2, 0.25) is 5.95 Å². The molecule has 0 bridgehead atoms. The monoisotopic (exact) mass is 395 g/mol. The van der Waals surface area contributed by atoms with Crippen molar-refractivity contribution < 1.29 is 9.53 Å². The van der Waals surface area contributed by atoms with Crippen LogP contribution in [0.1, 0.15) is 49.9 Å². The standard InChI is InChI=1S/C21H25N5O3/c1-2-10-26-20(28)17-19(25-21(26)22-12-14-6-4-3-5-7-14)24-18(23-17)15-8-9-16(11-15)29-13-27/h3-7,13,15-16H,2,8-12H2,1H3,(H,22,25)(H,23,24). The van der Waals surface area contributed by atoms with Crippen molar-refractivity contribution in [3.63, 3.8) is 0 Å². The zero-order valence-electron chi connectivity index (χ0n) is 16.4. The second-order valence-corrected chi connectivity index (χ2v) is 7.42. The first-order chi connectivity index (χ1) is 14.2. The fourth-order valence-corrected chi connectivity index (χ4v) is 3.93. The number of benzene rings is 1. The van der Waals surface area contributed by atoms with Gasteiger partial charge in [0.15, 0.2) is 11.2 Å². The van der Waals surface area contributed by atoms with E-state index in [1.54, 1.807) is 4.57 Å². The number of nitrogens with zero attached hydrogens (tertiary/aromatic N) is 3. The summed E-state index contributed by atoms with van der Waals surface area (Å²) in [6.07, 6.45) is 3.11. The van der Waals surface area contributed by atoms with E-state index < -0.39 is 0 Å². The minimum atomic E-state index is -0.121. The average molecular weight is 395 g/mol. The number of hydrogen-bond acceptors (Lipinski definition) is 6. The van der Waals surface area contributed by atoms with Crippen LogP contribution in [0.15, 0.2) is 35.1 Å². The Bertz CT molecular complexity index is 1040. The number of carbonyl (C=O) groups excluding carboxylic acids is 1. The third-order valence-electron chi connectivity index (χ3n) is 5.39. The molecule has 152 valence electrons. The minimum Gasteiger partial charge on any atom is -0.465 e. The lowest BCUT2D eigenvalue weighted by Crippen LogP contribution is -2.25. The Morgan fingerprint density at radius 2 is 2.10 bits per heavy atom. The minimum absolute atomic E-state index is 0.0847. The Balaban J connectivity index is 1.64. The summed E-state index contributed by atoms with van der Waals surface area (Å²) in [6.45, 7) is 3.68. The van der Waals surface area contributed by atoms with Crippen molar-refractivity contribution in [2.45, 2.75) is 57.7 Å². The summed E-state index contributed by atoms with van der Waals surface area (Å²) in [4.78, 5) is 36.1. The second kappa shape index (κ2) is 8.46. The smallest absolute Gasteiger partial charge is 0.293 e. The average Bonchev–Trinajstić information content (AvgIpc) is 3.37. The topological polar surface area (TPSA) is 102 Å². The zero-order valence-corrected chi connectivity index (χ0v) is 16.4. The summed E-state index contributed by atoms with van der Waals surface area (Å²) < 4.78 is 6.75. The number of aromatic amines is 1. The Morgan fingerprint density at radius 1 is 1.28 bits per heavy atom. The van der Waals surface area contributed by atoms with E-state index >= 15 is 0 Å². The fourth-order valence-electron chi connectivity index (χ4n) is 3.93. The molecule has 2 N–H and O–H groups in total. The van der Waals surface area contributed by atoms with Crippen molar-refractivity contribution in [3.05, 3.63) is 52.1 Å². The number of hydrogen-bond donors (Lipinski definition) is 2. The van der Waals surface area contributed by atoms with Gasteiger partial charge >= 0.3 is 0 Å². The normalized spacial score (nSPS) is 18.8.